The summed E-state index contributed by atoms with van der Waals surface area (Å²) >= 11 is 0. The van der Waals surface area contributed by atoms with E-state index in [0.29, 0.717) is 24.2 Å². The number of amides is 1. The average molecular weight is 377 g/mol. The van der Waals surface area contributed by atoms with E-state index in [4.69, 9.17) is 0 Å². The third kappa shape index (κ3) is 5.91. The Morgan fingerprint density at radius 1 is 0.929 bits per heavy atom. The molecule has 1 aromatic heterocycles. The number of hydrogen-bond acceptors (Lipinski definition) is 3. The van der Waals surface area contributed by atoms with Crippen LogP contribution in [0.3, 0.4) is 0 Å². The zero-order valence-electron chi connectivity index (χ0n) is 15.7. The summed E-state index contributed by atoms with van der Waals surface area (Å²) in [7, 11) is 0. The Morgan fingerprint density at radius 2 is 1.71 bits per heavy atom. The number of rotatable bonds is 9. The van der Waals surface area contributed by atoms with Gasteiger partial charge in [0.05, 0.1) is 0 Å². The molecule has 0 bridgehead atoms. The molecule has 28 heavy (non-hydrogen) atoms. The van der Waals surface area contributed by atoms with Gasteiger partial charge in [-0.15, -0.1) is 0 Å². The molecule has 1 heterocycles. The Labute approximate surface area is 164 Å². The molecule has 144 valence electrons. The van der Waals surface area contributed by atoms with Gasteiger partial charge in [-0.1, -0.05) is 48.5 Å². The van der Waals surface area contributed by atoms with Crippen LogP contribution in [-0.4, -0.2) is 24.0 Å². The van der Waals surface area contributed by atoms with E-state index in [1.54, 1.807) is 30.5 Å². The minimum atomic E-state index is -0.260. The van der Waals surface area contributed by atoms with Crippen LogP contribution in [0.5, 0.6) is 0 Å². The molecule has 3 rings (SSSR count). The fourth-order valence-corrected chi connectivity index (χ4v) is 2.94. The molecule has 0 saturated carbocycles. The molecule has 3 aromatic rings. The first kappa shape index (κ1) is 19.5. The third-order valence-corrected chi connectivity index (χ3v) is 4.44. The van der Waals surface area contributed by atoms with Crippen LogP contribution in [0.15, 0.2) is 72.9 Å². The normalized spacial score (nSPS) is 10.5. The molecule has 0 fully saturated rings. The van der Waals surface area contributed by atoms with Crippen molar-refractivity contribution in [1.82, 2.24) is 10.3 Å². The van der Waals surface area contributed by atoms with Gasteiger partial charge in [0, 0.05) is 25.0 Å². The molecule has 0 aliphatic carbocycles. The maximum absolute atomic E-state index is 13.6. The van der Waals surface area contributed by atoms with E-state index in [2.05, 4.69) is 27.8 Å². The number of halogens is 1. The van der Waals surface area contributed by atoms with Gasteiger partial charge in [0.1, 0.15) is 11.5 Å². The van der Waals surface area contributed by atoms with Crippen LogP contribution >= 0.6 is 0 Å². The highest BCUT2D eigenvalue weighted by Gasteiger charge is 2.08. The first-order chi connectivity index (χ1) is 13.7. The lowest BCUT2D eigenvalue weighted by Crippen LogP contribution is -2.26. The van der Waals surface area contributed by atoms with Crippen molar-refractivity contribution < 1.29 is 9.18 Å². The van der Waals surface area contributed by atoms with Crippen molar-refractivity contribution in [3.05, 3.63) is 95.6 Å². The fraction of sp³-hybridized carbons (Fsp3) is 0.217. The van der Waals surface area contributed by atoms with Gasteiger partial charge >= 0.3 is 0 Å². The lowest BCUT2D eigenvalue weighted by atomic mass is 10.1. The first-order valence-corrected chi connectivity index (χ1v) is 9.48. The number of hydrogen-bond donors (Lipinski definition) is 2. The minimum Gasteiger partial charge on any atom is -0.385 e. The number of nitrogens with one attached hydrogen (secondary N) is 2. The summed E-state index contributed by atoms with van der Waals surface area (Å²) in [5, 5.41) is 6.12. The molecule has 0 saturated heterocycles. The Hall–Kier alpha value is -3.21. The summed E-state index contributed by atoms with van der Waals surface area (Å²) in [5.41, 5.74) is 3.11. The van der Waals surface area contributed by atoms with Gasteiger partial charge in [0.25, 0.3) is 5.91 Å². The second-order valence-corrected chi connectivity index (χ2v) is 6.54. The summed E-state index contributed by atoms with van der Waals surface area (Å²) in [5.74, 6) is -0.513. The van der Waals surface area contributed by atoms with Crippen molar-refractivity contribution in [2.45, 2.75) is 19.3 Å². The van der Waals surface area contributed by atoms with Crippen LogP contribution in [0.2, 0.25) is 0 Å². The van der Waals surface area contributed by atoms with E-state index < -0.39 is 0 Å². The molecule has 0 unspecified atom stereocenters. The molecule has 2 aromatic carbocycles. The van der Waals surface area contributed by atoms with E-state index in [1.165, 1.54) is 11.6 Å². The van der Waals surface area contributed by atoms with E-state index in [0.717, 1.165) is 25.1 Å². The Bertz CT molecular complexity index is 899. The SMILES string of the molecule is O=C(NCCc1ccccc1F)c1cc(NCCCc2ccccc2)ccn1. The fourth-order valence-electron chi connectivity index (χ4n) is 2.94. The molecule has 4 nitrogen and oxygen atoms in total. The van der Waals surface area contributed by atoms with E-state index in [1.807, 2.05) is 24.3 Å². The Balaban J connectivity index is 1.44. The number of carbonyl (C=O) groups is 1. The Morgan fingerprint density at radius 3 is 2.54 bits per heavy atom. The van der Waals surface area contributed by atoms with Gasteiger partial charge in [0.2, 0.25) is 0 Å². The van der Waals surface area contributed by atoms with Gasteiger partial charge in [0.15, 0.2) is 0 Å². The highest BCUT2D eigenvalue weighted by Crippen LogP contribution is 2.10. The molecule has 2 N–H and O–H groups in total. The summed E-state index contributed by atoms with van der Waals surface area (Å²) in [6.07, 6.45) is 4.06. The highest BCUT2D eigenvalue weighted by molar-refractivity contribution is 5.93. The molecule has 0 aliphatic rings. The van der Waals surface area contributed by atoms with Crippen molar-refractivity contribution in [3.8, 4) is 0 Å². The van der Waals surface area contributed by atoms with Crippen LogP contribution in [0.1, 0.15) is 28.0 Å². The van der Waals surface area contributed by atoms with Crippen LogP contribution in [0.4, 0.5) is 10.1 Å². The van der Waals surface area contributed by atoms with Crippen LogP contribution in [0.25, 0.3) is 0 Å². The van der Waals surface area contributed by atoms with E-state index in [9.17, 15) is 9.18 Å². The second-order valence-electron chi connectivity index (χ2n) is 6.54. The lowest BCUT2D eigenvalue weighted by Gasteiger charge is -2.09. The topological polar surface area (TPSA) is 54.0 Å². The monoisotopic (exact) mass is 377 g/mol. The summed E-state index contributed by atoms with van der Waals surface area (Å²) in [6.45, 7) is 1.17. The van der Waals surface area contributed by atoms with Crippen molar-refractivity contribution in [2.75, 3.05) is 18.4 Å². The van der Waals surface area contributed by atoms with Crippen LogP contribution in [-0.2, 0) is 12.8 Å². The molecule has 0 atom stereocenters. The smallest absolute Gasteiger partial charge is 0.269 e. The van der Waals surface area contributed by atoms with Gasteiger partial charge in [-0.3, -0.25) is 9.78 Å². The average Bonchev–Trinajstić information content (AvgIpc) is 2.73. The zero-order valence-corrected chi connectivity index (χ0v) is 15.7. The maximum atomic E-state index is 13.6. The summed E-state index contributed by atoms with van der Waals surface area (Å²) in [4.78, 5) is 16.4. The van der Waals surface area contributed by atoms with Crippen molar-refractivity contribution in [2.24, 2.45) is 0 Å². The summed E-state index contributed by atoms with van der Waals surface area (Å²) in [6, 6.07) is 20.5. The van der Waals surface area contributed by atoms with Gasteiger partial charge < -0.3 is 10.6 Å². The minimum absolute atomic E-state index is 0.253. The molecule has 1 amide bonds. The van der Waals surface area contributed by atoms with Crippen molar-refractivity contribution in [1.29, 1.82) is 0 Å². The molecular formula is C23H24FN3O. The zero-order chi connectivity index (χ0) is 19.6. The number of benzene rings is 2. The van der Waals surface area contributed by atoms with Crippen LogP contribution in [0, 0.1) is 5.82 Å². The van der Waals surface area contributed by atoms with Crippen LogP contribution < -0.4 is 10.6 Å². The first-order valence-electron chi connectivity index (χ1n) is 9.48. The number of nitrogens with zero attached hydrogens (tertiary/aromatic N) is 1. The maximum Gasteiger partial charge on any atom is 0.269 e. The van der Waals surface area contributed by atoms with Crippen molar-refractivity contribution >= 4 is 11.6 Å². The standard InChI is InChI=1S/C23H24FN3O/c24-21-11-5-4-10-19(21)12-15-27-23(28)22-17-20(13-16-26-22)25-14-6-9-18-7-2-1-3-8-18/h1-5,7-8,10-11,13,16-17H,6,9,12,14-15H2,(H,25,26)(H,27,28). The third-order valence-electron chi connectivity index (χ3n) is 4.44. The quantitative estimate of drug-likeness (QED) is 0.549. The second kappa shape index (κ2) is 10.2. The predicted molar refractivity (Wildman–Crippen MR) is 110 cm³/mol. The van der Waals surface area contributed by atoms with Gasteiger partial charge in [-0.05, 0) is 48.6 Å². The molecule has 0 spiro atoms. The van der Waals surface area contributed by atoms with E-state index >= 15 is 0 Å². The molecule has 0 aliphatic heterocycles. The summed E-state index contributed by atoms with van der Waals surface area (Å²) < 4.78 is 13.6. The van der Waals surface area contributed by atoms with Gasteiger partial charge in [-0.2, -0.15) is 0 Å². The van der Waals surface area contributed by atoms with Crippen molar-refractivity contribution in [3.63, 3.8) is 0 Å². The lowest BCUT2D eigenvalue weighted by molar-refractivity contribution is 0.0949. The number of pyridine rings is 1. The molecule has 5 heteroatoms. The molecular weight excluding hydrogens is 353 g/mol. The molecule has 0 radical (unpaired) electrons. The largest absolute Gasteiger partial charge is 0.385 e. The van der Waals surface area contributed by atoms with Gasteiger partial charge in [-0.25, -0.2) is 4.39 Å². The number of anilines is 1. The number of aryl methyl sites for hydroxylation is 1. The number of carbonyl (C=O) groups excluding carboxylic acids is 1. The van der Waals surface area contributed by atoms with E-state index in [-0.39, 0.29) is 11.7 Å². The highest BCUT2D eigenvalue weighted by atomic mass is 19.1. The predicted octanol–water partition coefficient (Wildman–Crippen LogP) is 4.24. The number of aromatic nitrogens is 1. The Kier molecular flexibility index (Phi) is 7.13.